The van der Waals surface area contributed by atoms with E-state index in [1.807, 2.05) is 62.4 Å². The molecule has 168 valence electrons. The quantitative estimate of drug-likeness (QED) is 0.177. The molecule has 0 aliphatic rings. The van der Waals surface area contributed by atoms with Crippen molar-refractivity contribution >= 4 is 63.5 Å². The number of carbonyl (C=O) groups excluding carboxylic acids is 1. The lowest BCUT2D eigenvalue weighted by Crippen LogP contribution is -2.14. The van der Waals surface area contributed by atoms with Crippen molar-refractivity contribution < 1.29 is 9.53 Å². The highest BCUT2D eigenvalue weighted by atomic mass is 127. The lowest BCUT2D eigenvalue weighted by Gasteiger charge is -2.15. The van der Waals surface area contributed by atoms with Gasteiger partial charge in [0.1, 0.15) is 17.4 Å². The predicted octanol–water partition coefficient (Wildman–Crippen LogP) is 7.44. The third kappa shape index (κ3) is 6.50. The van der Waals surface area contributed by atoms with E-state index < -0.39 is 5.91 Å². The van der Waals surface area contributed by atoms with Crippen molar-refractivity contribution in [3.05, 3.63) is 96.0 Å². The van der Waals surface area contributed by atoms with E-state index in [4.69, 9.17) is 27.9 Å². The Morgan fingerprint density at radius 1 is 1.18 bits per heavy atom. The zero-order valence-electron chi connectivity index (χ0n) is 18.1. The molecule has 0 aliphatic carbocycles. The summed E-state index contributed by atoms with van der Waals surface area (Å²) in [6, 6.07) is 18.7. The molecule has 33 heavy (non-hydrogen) atoms. The van der Waals surface area contributed by atoms with E-state index >= 15 is 0 Å². The van der Waals surface area contributed by atoms with Crippen molar-refractivity contribution in [1.29, 1.82) is 5.26 Å². The van der Waals surface area contributed by atoms with Gasteiger partial charge in [-0.3, -0.25) is 4.79 Å². The van der Waals surface area contributed by atoms with Crippen LogP contribution in [0, 0.1) is 21.8 Å². The first-order valence-corrected chi connectivity index (χ1v) is 12.0. The predicted molar refractivity (Wildman–Crippen MR) is 143 cm³/mol. The van der Waals surface area contributed by atoms with Crippen LogP contribution >= 0.6 is 45.8 Å². The Morgan fingerprint density at radius 3 is 2.64 bits per heavy atom. The van der Waals surface area contributed by atoms with Crippen LogP contribution in [0.25, 0.3) is 6.08 Å². The molecule has 0 atom stereocenters. The highest BCUT2D eigenvalue weighted by Gasteiger charge is 2.15. The van der Waals surface area contributed by atoms with Crippen molar-refractivity contribution in [3.63, 3.8) is 0 Å². The highest BCUT2D eigenvalue weighted by Crippen LogP contribution is 2.32. The van der Waals surface area contributed by atoms with Crippen molar-refractivity contribution in [1.82, 2.24) is 0 Å². The lowest BCUT2D eigenvalue weighted by molar-refractivity contribution is -0.112. The van der Waals surface area contributed by atoms with Crippen LogP contribution in [-0.4, -0.2) is 12.5 Å². The fourth-order valence-corrected chi connectivity index (χ4v) is 4.43. The fraction of sp³-hybridized carbons (Fsp3) is 0.154. The first kappa shape index (κ1) is 25.1. The molecule has 0 radical (unpaired) electrons. The first-order valence-electron chi connectivity index (χ1n) is 10.2. The second-order valence-electron chi connectivity index (χ2n) is 7.26. The summed E-state index contributed by atoms with van der Waals surface area (Å²) in [5.74, 6) is 0.190. The molecule has 0 unspecified atom stereocenters. The maximum atomic E-state index is 12.8. The van der Waals surface area contributed by atoms with Crippen LogP contribution in [0.2, 0.25) is 10.0 Å². The minimum absolute atomic E-state index is 0.0218. The van der Waals surface area contributed by atoms with Gasteiger partial charge in [0.2, 0.25) is 0 Å². The van der Waals surface area contributed by atoms with Gasteiger partial charge < -0.3 is 10.1 Å². The van der Waals surface area contributed by atoms with E-state index in [0.717, 1.165) is 20.3 Å². The van der Waals surface area contributed by atoms with Crippen molar-refractivity contribution in [3.8, 4) is 11.8 Å². The molecular formula is C26H21Cl2IN2O2. The number of hydrogen-bond donors (Lipinski definition) is 1. The minimum atomic E-state index is -0.504. The Labute approximate surface area is 217 Å². The smallest absolute Gasteiger partial charge is 0.266 e. The molecule has 1 N–H and O–H groups in total. The van der Waals surface area contributed by atoms with Crippen LogP contribution in [0.15, 0.2) is 60.2 Å². The van der Waals surface area contributed by atoms with E-state index in [0.29, 0.717) is 40.1 Å². The Morgan fingerprint density at radius 2 is 1.94 bits per heavy atom. The van der Waals surface area contributed by atoms with Crippen LogP contribution < -0.4 is 10.1 Å². The number of rotatable bonds is 7. The molecule has 0 aromatic heterocycles. The Kier molecular flexibility index (Phi) is 8.79. The number of benzene rings is 3. The fourth-order valence-electron chi connectivity index (χ4n) is 3.24. The summed E-state index contributed by atoms with van der Waals surface area (Å²) >= 11 is 14.6. The molecule has 0 bridgehead atoms. The van der Waals surface area contributed by atoms with Crippen LogP contribution in [-0.2, 0) is 11.2 Å². The monoisotopic (exact) mass is 590 g/mol. The number of carbonyl (C=O) groups is 1. The molecule has 0 aliphatic heterocycles. The molecule has 7 heteroatoms. The summed E-state index contributed by atoms with van der Waals surface area (Å²) in [5.41, 5.74) is 4.08. The van der Waals surface area contributed by atoms with Gasteiger partial charge in [0.15, 0.2) is 0 Å². The van der Waals surface area contributed by atoms with Gasteiger partial charge >= 0.3 is 0 Å². The van der Waals surface area contributed by atoms with Crippen molar-refractivity contribution in [2.24, 2.45) is 0 Å². The number of aryl methyl sites for hydroxylation is 1. The molecule has 4 nitrogen and oxygen atoms in total. The summed E-state index contributed by atoms with van der Waals surface area (Å²) in [5, 5.41) is 13.6. The molecule has 0 saturated carbocycles. The van der Waals surface area contributed by atoms with Gasteiger partial charge in [-0.1, -0.05) is 47.5 Å². The third-order valence-corrected chi connectivity index (χ3v) is 6.49. The average Bonchev–Trinajstić information content (AvgIpc) is 2.78. The molecule has 3 aromatic carbocycles. The molecule has 0 saturated heterocycles. The third-order valence-electron chi connectivity index (χ3n) is 4.93. The van der Waals surface area contributed by atoms with Gasteiger partial charge in [-0.25, -0.2) is 0 Å². The van der Waals surface area contributed by atoms with Crippen LogP contribution in [0.3, 0.4) is 0 Å². The largest absolute Gasteiger partial charge is 0.494 e. The maximum absolute atomic E-state index is 12.8. The number of anilines is 1. The van der Waals surface area contributed by atoms with Gasteiger partial charge in [-0.15, -0.1) is 0 Å². The summed E-state index contributed by atoms with van der Waals surface area (Å²) in [7, 11) is 0. The molecule has 3 rings (SSSR count). The van der Waals surface area contributed by atoms with Gasteiger partial charge in [0.25, 0.3) is 5.91 Å². The van der Waals surface area contributed by atoms with Gasteiger partial charge in [-0.05, 0) is 89.5 Å². The zero-order valence-corrected chi connectivity index (χ0v) is 21.8. The Bertz CT molecular complexity index is 1270. The van der Waals surface area contributed by atoms with Crippen LogP contribution in [0.1, 0.15) is 29.2 Å². The van der Waals surface area contributed by atoms with Gasteiger partial charge in [-0.2, -0.15) is 5.26 Å². The van der Waals surface area contributed by atoms with Crippen molar-refractivity contribution in [2.45, 2.75) is 20.3 Å². The highest BCUT2D eigenvalue weighted by molar-refractivity contribution is 14.1. The number of hydrogen-bond acceptors (Lipinski definition) is 3. The number of amides is 1. The minimum Gasteiger partial charge on any atom is -0.494 e. The number of ether oxygens (including phenoxy) is 1. The molecular weight excluding hydrogens is 570 g/mol. The lowest BCUT2D eigenvalue weighted by atomic mass is 10.0. The normalized spacial score (nSPS) is 11.1. The molecule has 0 spiro atoms. The van der Waals surface area contributed by atoms with E-state index in [2.05, 4.69) is 27.9 Å². The van der Waals surface area contributed by atoms with Crippen LogP contribution in [0.4, 0.5) is 5.69 Å². The van der Waals surface area contributed by atoms with Gasteiger partial charge in [0, 0.05) is 31.3 Å². The standard InChI is InChI=1S/C26H21Cl2IN2O2/c1-3-33-25-12-17(11-23(29)21(25)13-18-6-4-5-7-22(18)28)10-19(15-30)26(32)31-24-14-20(27)9-8-16(24)2/h4-12,14H,3,13H2,1-2H3,(H,31,32)/b19-10+. The first-order chi connectivity index (χ1) is 15.8. The number of nitrogens with zero attached hydrogens (tertiary/aromatic N) is 1. The topological polar surface area (TPSA) is 62.1 Å². The maximum Gasteiger partial charge on any atom is 0.266 e. The molecule has 1 amide bonds. The molecule has 3 aromatic rings. The van der Waals surface area contributed by atoms with Crippen molar-refractivity contribution in [2.75, 3.05) is 11.9 Å². The van der Waals surface area contributed by atoms with E-state index in [-0.39, 0.29) is 5.57 Å². The zero-order chi connectivity index (χ0) is 24.0. The number of nitrogens with one attached hydrogen (secondary N) is 1. The SMILES string of the molecule is CCOc1cc(/C=C(\C#N)C(=O)Nc2cc(Cl)ccc2C)cc(I)c1Cc1ccccc1Cl. The summed E-state index contributed by atoms with van der Waals surface area (Å²) in [4.78, 5) is 12.8. The Balaban J connectivity index is 1.94. The number of halogens is 3. The van der Waals surface area contributed by atoms with E-state index in [1.54, 1.807) is 18.2 Å². The molecule has 0 fully saturated rings. The van der Waals surface area contributed by atoms with Crippen LogP contribution in [0.5, 0.6) is 5.75 Å². The van der Waals surface area contributed by atoms with Gasteiger partial charge in [0.05, 0.1) is 6.61 Å². The Hall–Kier alpha value is -2.53. The van der Waals surface area contributed by atoms with E-state index in [9.17, 15) is 10.1 Å². The number of nitriles is 1. The average molecular weight is 591 g/mol. The summed E-state index contributed by atoms with van der Waals surface area (Å²) < 4.78 is 6.85. The second kappa shape index (κ2) is 11.6. The second-order valence-corrected chi connectivity index (χ2v) is 9.27. The molecule has 0 heterocycles. The summed E-state index contributed by atoms with van der Waals surface area (Å²) in [6.07, 6.45) is 2.16. The summed E-state index contributed by atoms with van der Waals surface area (Å²) in [6.45, 7) is 4.25. The van der Waals surface area contributed by atoms with E-state index in [1.165, 1.54) is 0 Å².